The molecule has 0 unspecified atom stereocenters. The van der Waals surface area contributed by atoms with Gasteiger partial charge in [-0.3, -0.25) is 4.79 Å². The lowest BCUT2D eigenvalue weighted by Gasteiger charge is -1.98. The molecule has 3 heteroatoms. The SMILES string of the molecule is O=C(/C=C\c1ccccc1Cl)c1ccc(Br)cc1. The summed E-state index contributed by atoms with van der Waals surface area (Å²) in [6, 6.07) is 14.7. The van der Waals surface area contributed by atoms with E-state index in [4.69, 9.17) is 11.6 Å². The zero-order valence-electron chi connectivity index (χ0n) is 9.44. The molecule has 0 spiro atoms. The number of halogens is 2. The van der Waals surface area contributed by atoms with Crippen molar-refractivity contribution >= 4 is 39.4 Å². The van der Waals surface area contributed by atoms with Crippen molar-refractivity contribution < 1.29 is 4.79 Å². The van der Waals surface area contributed by atoms with Crippen LogP contribution in [-0.2, 0) is 0 Å². The van der Waals surface area contributed by atoms with Crippen molar-refractivity contribution in [2.45, 2.75) is 0 Å². The van der Waals surface area contributed by atoms with E-state index < -0.39 is 0 Å². The molecule has 18 heavy (non-hydrogen) atoms. The van der Waals surface area contributed by atoms with Gasteiger partial charge >= 0.3 is 0 Å². The Balaban J connectivity index is 2.17. The van der Waals surface area contributed by atoms with Gasteiger partial charge in [-0.25, -0.2) is 0 Å². The number of rotatable bonds is 3. The van der Waals surface area contributed by atoms with Crippen LogP contribution in [-0.4, -0.2) is 5.78 Å². The van der Waals surface area contributed by atoms with Crippen LogP contribution in [0, 0.1) is 0 Å². The van der Waals surface area contributed by atoms with Crippen molar-refractivity contribution in [2.24, 2.45) is 0 Å². The minimum absolute atomic E-state index is 0.0394. The van der Waals surface area contributed by atoms with Crippen molar-refractivity contribution in [3.8, 4) is 0 Å². The molecule has 1 nitrogen and oxygen atoms in total. The number of benzene rings is 2. The van der Waals surface area contributed by atoms with Crippen LogP contribution in [0.5, 0.6) is 0 Å². The molecule has 0 bridgehead atoms. The Kier molecular flexibility index (Phi) is 4.34. The summed E-state index contributed by atoms with van der Waals surface area (Å²) in [5, 5.41) is 0.636. The Labute approximate surface area is 119 Å². The molecule has 0 atom stereocenters. The normalized spacial score (nSPS) is 10.8. The van der Waals surface area contributed by atoms with Gasteiger partial charge in [0.1, 0.15) is 0 Å². The predicted molar refractivity (Wildman–Crippen MR) is 79.0 cm³/mol. The van der Waals surface area contributed by atoms with Crippen LogP contribution in [0.3, 0.4) is 0 Å². The molecule has 0 aliphatic carbocycles. The van der Waals surface area contributed by atoms with Crippen molar-refractivity contribution in [3.05, 3.63) is 75.2 Å². The first-order valence-electron chi connectivity index (χ1n) is 5.39. The molecule has 0 radical (unpaired) electrons. The maximum absolute atomic E-state index is 11.9. The van der Waals surface area contributed by atoms with Crippen LogP contribution in [0.4, 0.5) is 0 Å². The van der Waals surface area contributed by atoms with Gasteiger partial charge in [0.05, 0.1) is 0 Å². The van der Waals surface area contributed by atoms with Crippen LogP contribution < -0.4 is 0 Å². The number of hydrogen-bond acceptors (Lipinski definition) is 1. The highest BCUT2D eigenvalue weighted by atomic mass is 79.9. The van der Waals surface area contributed by atoms with E-state index in [0.29, 0.717) is 10.6 Å². The van der Waals surface area contributed by atoms with Gasteiger partial charge in [-0.2, -0.15) is 0 Å². The fourth-order valence-electron chi connectivity index (χ4n) is 1.49. The molecular weight excluding hydrogens is 312 g/mol. The van der Waals surface area contributed by atoms with E-state index in [1.54, 1.807) is 24.3 Å². The van der Waals surface area contributed by atoms with E-state index in [1.807, 2.05) is 30.3 Å². The molecule has 90 valence electrons. The van der Waals surface area contributed by atoms with Crippen LogP contribution in [0.2, 0.25) is 5.02 Å². The number of carbonyl (C=O) groups excluding carboxylic acids is 1. The summed E-state index contributed by atoms with van der Waals surface area (Å²) in [5.41, 5.74) is 1.49. The summed E-state index contributed by atoms with van der Waals surface area (Å²) in [6.45, 7) is 0. The highest BCUT2D eigenvalue weighted by molar-refractivity contribution is 9.10. The minimum Gasteiger partial charge on any atom is -0.289 e. The third-order valence-corrected chi connectivity index (χ3v) is 3.32. The lowest BCUT2D eigenvalue weighted by atomic mass is 10.1. The molecule has 2 rings (SSSR count). The molecule has 2 aromatic carbocycles. The van der Waals surface area contributed by atoms with Crippen molar-refractivity contribution in [3.63, 3.8) is 0 Å². The summed E-state index contributed by atoms with van der Waals surface area (Å²) in [7, 11) is 0. The fraction of sp³-hybridized carbons (Fsp3) is 0. The van der Waals surface area contributed by atoms with Gasteiger partial charge < -0.3 is 0 Å². The molecule has 0 heterocycles. The summed E-state index contributed by atoms with van der Waals surface area (Å²) in [4.78, 5) is 11.9. The Morgan fingerprint density at radius 1 is 1.06 bits per heavy atom. The zero-order valence-corrected chi connectivity index (χ0v) is 11.8. The Hall–Kier alpha value is -1.38. The second-order valence-electron chi connectivity index (χ2n) is 3.73. The van der Waals surface area contributed by atoms with Crippen LogP contribution in [0.25, 0.3) is 6.08 Å². The smallest absolute Gasteiger partial charge is 0.185 e. The standard InChI is InChI=1S/C15H10BrClO/c16-13-8-5-12(6-9-13)15(18)10-7-11-3-1-2-4-14(11)17/h1-10H/b10-7-. The van der Waals surface area contributed by atoms with Gasteiger partial charge in [0, 0.05) is 15.1 Å². The lowest BCUT2D eigenvalue weighted by Crippen LogP contribution is -1.93. The predicted octanol–water partition coefficient (Wildman–Crippen LogP) is 5.00. The van der Waals surface area contributed by atoms with E-state index in [9.17, 15) is 4.79 Å². The Bertz CT molecular complexity index is 588. The first-order valence-corrected chi connectivity index (χ1v) is 6.56. The summed E-state index contributed by atoms with van der Waals surface area (Å²) in [5.74, 6) is -0.0394. The van der Waals surface area contributed by atoms with Gasteiger partial charge in [-0.05, 0) is 48.0 Å². The summed E-state index contributed by atoms with van der Waals surface area (Å²) >= 11 is 9.34. The second-order valence-corrected chi connectivity index (χ2v) is 5.05. The summed E-state index contributed by atoms with van der Waals surface area (Å²) in [6.07, 6.45) is 3.26. The zero-order chi connectivity index (χ0) is 13.0. The third-order valence-electron chi connectivity index (χ3n) is 2.45. The van der Waals surface area contributed by atoms with Gasteiger partial charge in [0.25, 0.3) is 0 Å². The molecule has 0 N–H and O–H groups in total. The third kappa shape index (κ3) is 3.31. The van der Waals surface area contributed by atoms with E-state index in [2.05, 4.69) is 15.9 Å². The van der Waals surface area contributed by atoms with Crippen molar-refractivity contribution in [2.75, 3.05) is 0 Å². The van der Waals surface area contributed by atoms with E-state index >= 15 is 0 Å². The van der Waals surface area contributed by atoms with Crippen LogP contribution in [0.1, 0.15) is 15.9 Å². The molecule has 2 aromatic rings. The largest absolute Gasteiger partial charge is 0.289 e. The Morgan fingerprint density at radius 2 is 1.72 bits per heavy atom. The maximum atomic E-state index is 11.9. The van der Waals surface area contributed by atoms with E-state index in [-0.39, 0.29) is 5.78 Å². The fourth-order valence-corrected chi connectivity index (χ4v) is 1.95. The molecule has 0 fully saturated rings. The van der Waals surface area contributed by atoms with Gasteiger partial charge in [0.15, 0.2) is 5.78 Å². The minimum atomic E-state index is -0.0394. The number of ketones is 1. The quantitative estimate of drug-likeness (QED) is 0.574. The highest BCUT2D eigenvalue weighted by Crippen LogP contribution is 2.17. The number of carbonyl (C=O) groups is 1. The topological polar surface area (TPSA) is 17.1 Å². The molecule has 0 saturated heterocycles. The average Bonchev–Trinajstić information content (AvgIpc) is 2.38. The van der Waals surface area contributed by atoms with Gasteiger partial charge in [0.2, 0.25) is 0 Å². The number of allylic oxidation sites excluding steroid dienone is 1. The van der Waals surface area contributed by atoms with Gasteiger partial charge in [-0.15, -0.1) is 0 Å². The molecule has 0 aliphatic heterocycles. The van der Waals surface area contributed by atoms with E-state index in [0.717, 1.165) is 10.0 Å². The average molecular weight is 322 g/mol. The first-order chi connectivity index (χ1) is 8.66. The molecule has 0 amide bonds. The lowest BCUT2D eigenvalue weighted by molar-refractivity contribution is 0.104. The summed E-state index contributed by atoms with van der Waals surface area (Å²) < 4.78 is 0.953. The van der Waals surface area contributed by atoms with E-state index in [1.165, 1.54) is 6.08 Å². The molecular formula is C15H10BrClO. The van der Waals surface area contributed by atoms with Crippen molar-refractivity contribution in [1.82, 2.24) is 0 Å². The van der Waals surface area contributed by atoms with Crippen molar-refractivity contribution in [1.29, 1.82) is 0 Å². The molecule has 0 saturated carbocycles. The second kappa shape index (κ2) is 5.98. The Morgan fingerprint density at radius 3 is 2.39 bits per heavy atom. The van der Waals surface area contributed by atoms with Crippen LogP contribution in [0.15, 0.2) is 59.1 Å². The first kappa shape index (κ1) is 13.1. The maximum Gasteiger partial charge on any atom is 0.185 e. The molecule has 0 aromatic heterocycles. The van der Waals surface area contributed by atoms with Crippen LogP contribution >= 0.6 is 27.5 Å². The monoisotopic (exact) mass is 320 g/mol. The highest BCUT2D eigenvalue weighted by Gasteiger charge is 2.01. The molecule has 0 aliphatic rings. The van der Waals surface area contributed by atoms with Gasteiger partial charge in [-0.1, -0.05) is 45.7 Å². The number of hydrogen-bond donors (Lipinski definition) is 0.